The normalized spacial score (nSPS) is 14.2. The Balaban J connectivity index is 2.24. The molecule has 1 aliphatic carbocycles. The number of benzene rings is 1. The van der Waals surface area contributed by atoms with Crippen molar-refractivity contribution in [1.29, 1.82) is 0 Å². The van der Waals surface area contributed by atoms with Gasteiger partial charge in [-0.25, -0.2) is 4.39 Å². The zero-order valence-corrected chi connectivity index (χ0v) is 11.7. The monoisotopic (exact) mass is 275 g/mol. The van der Waals surface area contributed by atoms with Gasteiger partial charge in [0.1, 0.15) is 17.4 Å². The van der Waals surface area contributed by atoms with E-state index in [1.54, 1.807) is 31.1 Å². The molecular formula is C15H18FN3O. The molecule has 0 saturated heterocycles. The summed E-state index contributed by atoms with van der Waals surface area (Å²) in [7, 11) is 3.37. The second-order valence-corrected chi connectivity index (χ2v) is 5.17. The molecule has 1 heterocycles. The number of aryl methyl sites for hydroxylation is 1. The van der Waals surface area contributed by atoms with Crippen LogP contribution in [0.15, 0.2) is 12.3 Å². The molecule has 1 aromatic carbocycles. The Morgan fingerprint density at radius 3 is 2.55 bits per heavy atom. The van der Waals surface area contributed by atoms with Crippen LogP contribution in [0.5, 0.6) is 5.75 Å². The van der Waals surface area contributed by atoms with Gasteiger partial charge in [-0.1, -0.05) is 0 Å². The van der Waals surface area contributed by atoms with Crippen LogP contribution in [0.3, 0.4) is 0 Å². The third-order valence-corrected chi connectivity index (χ3v) is 4.04. The fourth-order valence-corrected chi connectivity index (χ4v) is 2.90. The van der Waals surface area contributed by atoms with Crippen molar-refractivity contribution in [3.05, 3.63) is 29.2 Å². The Morgan fingerprint density at radius 1 is 1.25 bits per heavy atom. The quantitative estimate of drug-likeness (QED) is 0.916. The van der Waals surface area contributed by atoms with Crippen LogP contribution in [0.2, 0.25) is 0 Å². The lowest BCUT2D eigenvalue weighted by Gasteiger charge is -2.21. The SMILES string of the molecule is COc1cc(-c2cnn(C)c2N)c(F)c2c1CCCC2. The number of ether oxygens (including phenoxy) is 1. The molecule has 0 bridgehead atoms. The maximum Gasteiger partial charge on any atom is 0.134 e. The van der Waals surface area contributed by atoms with E-state index in [-0.39, 0.29) is 5.82 Å². The second-order valence-electron chi connectivity index (χ2n) is 5.17. The minimum Gasteiger partial charge on any atom is -0.496 e. The summed E-state index contributed by atoms with van der Waals surface area (Å²) in [6, 6.07) is 1.74. The van der Waals surface area contributed by atoms with Crippen LogP contribution < -0.4 is 10.5 Å². The van der Waals surface area contributed by atoms with Crippen LogP contribution in [-0.2, 0) is 19.9 Å². The van der Waals surface area contributed by atoms with Crippen molar-refractivity contribution in [1.82, 2.24) is 9.78 Å². The van der Waals surface area contributed by atoms with Crippen molar-refractivity contribution in [2.75, 3.05) is 12.8 Å². The summed E-state index contributed by atoms with van der Waals surface area (Å²) in [4.78, 5) is 0. The average Bonchev–Trinajstić information content (AvgIpc) is 2.80. The van der Waals surface area contributed by atoms with Crippen molar-refractivity contribution < 1.29 is 9.13 Å². The van der Waals surface area contributed by atoms with Crippen LogP contribution in [0.4, 0.5) is 10.2 Å². The number of anilines is 1. The predicted molar refractivity (Wildman–Crippen MR) is 76.2 cm³/mol. The van der Waals surface area contributed by atoms with E-state index in [9.17, 15) is 4.39 Å². The number of nitrogens with zero attached hydrogens (tertiary/aromatic N) is 2. The highest BCUT2D eigenvalue weighted by atomic mass is 19.1. The molecular weight excluding hydrogens is 257 g/mol. The molecule has 5 heteroatoms. The van der Waals surface area contributed by atoms with Gasteiger partial charge in [-0.3, -0.25) is 4.68 Å². The molecule has 0 amide bonds. The summed E-state index contributed by atoms with van der Waals surface area (Å²) in [6.45, 7) is 0. The highest BCUT2D eigenvalue weighted by Crippen LogP contribution is 2.39. The zero-order valence-electron chi connectivity index (χ0n) is 11.7. The van der Waals surface area contributed by atoms with Crippen LogP contribution in [0, 0.1) is 5.82 Å². The van der Waals surface area contributed by atoms with Crippen LogP contribution in [0.25, 0.3) is 11.1 Å². The van der Waals surface area contributed by atoms with Crippen molar-refractivity contribution in [3.8, 4) is 16.9 Å². The number of aromatic nitrogens is 2. The molecule has 2 N–H and O–H groups in total. The first-order chi connectivity index (χ1) is 9.63. The number of rotatable bonds is 2. The molecule has 0 saturated carbocycles. The highest BCUT2D eigenvalue weighted by molar-refractivity contribution is 5.76. The van der Waals surface area contributed by atoms with E-state index < -0.39 is 0 Å². The van der Waals surface area contributed by atoms with Crippen LogP contribution in [-0.4, -0.2) is 16.9 Å². The Morgan fingerprint density at radius 2 is 1.95 bits per heavy atom. The van der Waals surface area contributed by atoms with Gasteiger partial charge in [0.15, 0.2) is 0 Å². The number of halogens is 1. The van der Waals surface area contributed by atoms with E-state index in [2.05, 4.69) is 5.10 Å². The molecule has 1 aromatic heterocycles. The molecule has 2 aromatic rings. The van der Waals surface area contributed by atoms with Gasteiger partial charge in [-0.05, 0) is 37.3 Å². The number of methoxy groups -OCH3 is 1. The minimum absolute atomic E-state index is 0.180. The van der Waals surface area contributed by atoms with E-state index >= 15 is 0 Å². The van der Waals surface area contributed by atoms with Gasteiger partial charge in [-0.15, -0.1) is 0 Å². The third-order valence-electron chi connectivity index (χ3n) is 4.04. The smallest absolute Gasteiger partial charge is 0.134 e. The molecule has 20 heavy (non-hydrogen) atoms. The van der Waals surface area contributed by atoms with Gasteiger partial charge in [0.05, 0.1) is 13.3 Å². The number of hydrogen-bond donors (Lipinski definition) is 1. The molecule has 0 radical (unpaired) electrons. The lowest BCUT2D eigenvalue weighted by molar-refractivity contribution is 0.404. The van der Waals surface area contributed by atoms with Crippen molar-refractivity contribution in [3.63, 3.8) is 0 Å². The lowest BCUT2D eigenvalue weighted by atomic mass is 9.88. The first-order valence-corrected chi connectivity index (χ1v) is 6.79. The van der Waals surface area contributed by atoms with E-state index in [1.165, 1.54) is 0 Å². The van der Waals surface area contributed by atoms with Crippen molar-refractivity contribution in [2.24, 2.45) is 7.05 Å². The summed E-state index contributed by atoms with van der Waals surface area (Å²) in [5, 5.41) is 4.09. The van der Waals surface area contributed by atoms with Crippen molar-refractivity contribution in [2.45, 2.75) is 25.7 Å². The van der Waals surface area contributed by atoms with E-state index in [1.807, 2.05) is 0 Å². The first-order valence-electron chi connectivity index (χ1n) is 6.79. The zero-order chi connectivity index (χ0) is 14.3. The number of hydrogen-bond acceptors (Lipinski definition) is 3. The predicted octanol–water partition coefficient (Wildman–Crippen LogP) is 2.70. The van der Waals surface area contributed by atoms with Crippen LogP contribution in [0.1, 0.15) is 24.0 Å². The summed E-state index contributed by atoms with van der Waals surface area (Å²) in [5.74, 6) is 1.03. The number of nitrogens with two attached hydrogens (primary N) is 1. The minimum atomic E-state index is -0.180. The summed E-state index contributed by atoms with van der Waals surface area (Å²) < 4.78 is 21.8. The molecule has 0 atom stereocenters. The van der Waals surface area contributed by atoms with Gasteiger partial charge in [0.2, 0.25) is 0 Å². The summed E-state index contributed by atoms with van der Waals surface area (Å²) >= 11 is 0. The Labute approximate surface area is 117 Å². The maximum absolute atomic E-state index is 14.8. The fraction of sp³-hybridized carbons (Fsp3) is 0.400. The topological polar surface area (TPSA) is 53.1 Å². The second kappa shape index (κ2) is 4.81. The number of nitrogen functional groups attached to an aromatic ring is 1. The standard InChI is InChI=1S/C15H18FN3O/c1-19-15(17)12(8-18-19)11-7-13(20-2)9-5-3-4-6-10(9)14(11)16/h7-8H,3-6,17H2,1-2H3. The molecule has 4 nitrogen and oxygen atoms in total. The fourth-order valence-electron chi connectivity index (χ4n) is 2.90. The number of fused-ring (bicyclic) bond motifs is 1. The van der Waals surface area contributed by atoms with Gasteiger partial charge >= 0.3 is 0 Å². The highest BCUT2D eigenvalue weighted by Gasteiger charge is 2.23. The van der Waals surface area contributed by atoms with Gasteiger partial charge < -0.3 is 10.5 Å². The van der Waals surface area contributed by atoms with E-state index in [0.29, 0.717) is 16.9 Å². The van der Waals surface area contributed by atoms with Crippen molar-refractivity contribution >= 4 is 5.82 Å². The van der Waals surface area contributed by atoms with Gasteiger partial charge in [0, 0.05) is 23.7 Å². The van der Waals surface area contributed by atoms with E-state index in [4.69, 9.17) is 10.5 Å². The van der Waals surface area contributed by atoms with Crippen LogP contribution >= 0.6 is 0 Å². The molecule has 106 valence electrons. The third kappa shape index (κ3) is 1.85. The summed E-state index contributed by atoms with van der Waals surface area (Å²) in [6.07, 6.45) is 5.32. The molecule has 0 unspecified atom stereocenters. The Bertz CT molecular complexity index is 664. The average molecular weight is 275 g/mol. The Kier molecular flexibility index (Phi) is 3.12. The molecule has 1 aliphatic rings. The van der Waals surface area contributed by atoms with Gasteiger partial charge in [-0.2, -0.15) is 5.10 Å². The van der Waals surface area contributed by atoms with Gasteiger partial charge in [0.25, 0.3) is 0 Å². The van der Waals surface area contributed by atoms with E-state index in [0.717, 1.165) is 42.6 Å². The molecule has 0 fully saturated rings. The first kappa shape index (κ1) is 13.0. The largest absolute Gasteiger partial charge is 0.496 e. The molecule has 3 rings (SSSR count). The molecule has 0 aliphatic heterocycles. The lowest BCUT2D eigenvalue weighted by Crippen LogP contribution is -2.09. The molecule has 0 spiro atoms. The maximum atomic E-state index is 14.8. The Hall–Kier alpha value is -2.04. The summed E-state index contributed by atoms with van der Waals surface area (Å²) in [5.41, 5.74) is 8.84.